The fraction of sp³-hybridized carbons (Fsp3) is 0.280. The van der Waals surface area contributed by atoms with Crippen molar-refractivity contribution in [1.82, 2.24) is 0 Å². The first-order valence-corrected chi connectivity index (χ1v) is 9.95. The monoisotopic (exact) mass is 348 g/mol. The van der Waals surface area contributed by atoms with E-state index in [-0.39, 0.29) is 18.9 Å². The maximum absolute atomic E-state index is 2.40. The van der Waals surface area contributed by atoms with Crippen LogP contribution >= 0.6 is 0 Å². The van der Waals surface area contributed by atoms with Crippen molar-refractivity contribution in [2.24, 2.45) is 0 Å². The van der Waals surface area contributed by atoms with Gasteiger partial charge in [-0.3, -0.25) is 0 Å². The van der Waals surface area contributed by atoms with Crippen molar-refractivity contribution < 1.29 is 18.9 Å². The molecule has 0 spiro atoms. The van der Waals surface area contributed by atoms with Crippen LogP contribution in [-0.4, -0.2) is 6.15 Å². The molecule has 0 radical (unpaired) electrons. The summed E-state index contributed by atoms with van der Waals surface area (Å²) in [7, 11) is 0. The molecule has 2 heteroatoms. The molecule has 0 aliphatic heterocycles. The van der Waals surface area contributed by atoms with Crippen molar-refractivity contribution >= 4 is 22.5 Å². The Morgan fingerprint density at radius 1 is 0.630 bits per heavy atom. The average molecular weight is 348 g/mol. The predicted octanol–water partition coefficient (Wildman–Crippen LogP) is 1.89. The van der Waals surface area contributed by atoms with E-state index in [1.807, 2.05) is 0 Å². The standard InChI is InChI=1S/C25H30B.Li/c1-5-6-16-26(23-13-7-10-20(2)17-23,24-14-8-11-21(3)18-24)25-15-9-12-22(4)19-25;/h7-15,17-19H,5-6,16H2,1-4H3;/q-1;+1. The molecule has 0 unspecified atom stereocenters. The van der Waals surface area contributed by atoms with Gasteiger partial charge >= 0.3 is 18.9 Å². The Hall–Kier alpha value is -1.68. The molecule has 0 aromatic heterocycles. The van der Waals surface area contributed by atoms with E-state index in [2.05, 4.69) is 100 Å². The number of hydrogen-bond donors (Lipinski definition) is 0. The zero-order chi connectivity index (χ0) is 18.6. The quantitative estimate of drug-likeness (QED) is 0.597. The van der Waals surface area contributed by atoms with E-state index in [1.54, 1.807) is 0 Å². The normalized spacial score (nSPS) is 11.1. The molecule has 0 heterocycles. The molecule has 0 atom stereocenters. The summed E-state index contributed by atoms with van der Waals surface area (Å²) in [4.78, 5) is 0. The molecule has 0 amide bonds. The molecule has 0 saturated carbocycles. The van der Waals surface area contributed by atoms with Gasteiger partial charge in [0, 0.05) is 0 Å². The zero-order valence-corrected chi connectivity index (χ0v) is 17.6. The molecule has 134 valence electrons. The number of aryl methyl sites for hydroxylation is 3. The van der Waals surface area contributed by atoms with Crippen molar-refractivity contribution in [3.05, 3.63) is 89.5 Å². The Bertz CT molecular complexity index is 774. The van der Waals surface area contributed by atoms with E-state index < -0.39 is 6.15 Å². The molecule has 0 N–H and O–H groups in total. The average Bonchev–Trinajstić information content (AvgIpc) is 2.63. The van der Waals surface area contributed by atoms with Crippen molar-refractivity contribution in [1.29, 1.82) is 0 Å². The van der Waals surface area contributed by atoms with Crippen molar-refractivity contribution in [3.63, 3.8) is 0 Å². The van der Waals surface area contributed by atoms with Crippen LogP contribution in [0.1, 0.15) is 36.5 Å². The SMILES string of the molecule is CCCC[B-](c1cccc(C)c1)(c1cccc(C)c1)c1cccc(C)c1.[Li+]. The molecule has 3 aromatic carbocycles. The summed E-state index contributed by atoms with van der Waals surface area (Å²) in [5.41, 5.74) is 8.42. The molecule has 3 rings (SSSR count). The van der Waals surface area contributed by atoms with Crippen molar-refractivity contribution in [3.8, 4) is 0 Å². The molecule has 0 aliphatic carbocycles. The van der Waals surface area contributed by atoms with Gasteiger partial charge < -0.3 is 0 Å². The maximum Gasteiger partial charge on any atom is 1.00 e. The maximum atomic E-state index is 2.40. The second-order valence-electron chi connectivity index (χ2n) is 7.93. The summed E-state index contributed by atoms with van der Waals surface area (Å²) in [6.07, 6.45) is 2.66. The minimum Gasteiger partial charge on any atom is -0.200 e. The van der Waals surface area contributed by atoms with Crippen LogP contribution in [0.4, 0.5) is 0 Å². The van der Waals surface area contributed by atoms with Crippen molar-refractivity contribution in [2.75, 3.05) is 0 Å². The van der Waals surface area contributed by atoms with Gasteiger partial charge in [0.25, 0.3) is 0 Å². The predicted molar refractivity (Wildman–Crippen MR) is 118 cm³/mol. The van der Waals surface area contributed by atoms with Gasteiger partial charge in [0.15, 0.2) is 0 Å². The molecule has 0 fully saturated rings. The van der Waals surface area contributed by atoms with Gasteiger partial charge in [0.05, 0.1) is 6.15 Å². The van der Waals surface area contributed by atoms with E-state index in [0.29, 0.717) is 0 Å². The van der Waals surface area contributed by atoms with Crippen LogP contribution in [0, 0.1) is 20.8 Å². The molecule has 27 heavy (non-hydrogen) atoms. The third-order valence-corrected chi connectivity index (χ3v) is 5.82. The Morgan fingerprint density at radius 3 is 1.30 bits per heavy atom. The Balaban J connectivity index is 0.00000261. The summed E-state index contributed by atoms with van der Waals surface area (Å²) < 4.78 is 0. The number of hydrogen-bond acceptors (Lipinski definition) is 0. The summed E-state index contributed by atoms with van der Waals surface area (Å²) in [5, 5.41) is 0. The molecular weight excluding hydrogens is 318 g/mol. The van der Waals surface area contributed by atoms with Gasteiger partial charge in [0.1, 0.15) is 0 Å². The van der Waals surface area contributed by atoms with E-state index >= 15 is 0 Å². The molecular formula is C25H30BLi. The molecule has 3 aromatic rings. The topological polar surface area (TPSA) is 0 Å². The van der Waals surface area contributed by atoms with Crippen LogP contribution in [0.3, 0.4) is 0 Å². The van der Waals surface area contributed by atoms with Crippen LogP contribution < -0.4 is 35.2 Å². The number of rotatable bonds is 6. The molecule has 0 saturated heterocycles. The van der Waals surface area contributed by atoms with Gasteiger partial charge in [-0.25, -0.2) is 0 Å². The fourth-order valence-corrected chi connectivity index (χ4v) is 4.52. The Labute approximate surface area is 177 Å². The van der Waals surface area contributed by atoms with Crippen LogP contribution in [0.2, 0.25) is 6.32 Å². The Kier molecular flexibility index (Phi) is 7.61. The van der Waals surface area contributed by atoms with E-state index in [1.165, 1.54) is 52.2 Å². The minimum atomic E-state index is -0.971. The van der Waals surface area contributed by atoms with E-state index in [0.717, 1.165) is 0 Å². The number of benzene rings is 3. The first-order valence-electron chi connectivity index (χ1n) is 9.95. The molecule has 0 nitrogen and oxygen atoms in total. The minimum absolute atomic E-state index is 0. The summed E-state index contributed by atoms with van der Waals surface area (Å²) in [6.45, 7) is 8.91. The van der Waals surface area contributed by atoms with Crippen molar-refractivity contribution in [2.45, 2.75) is 46.9 Å². The van der Waals surface area contributed by atoms with Gasteiger partial charge in [-0.1, -0.05) is 109 Å². The first kappa shape index (κ1) is 21.6. The largest absolute Gasteiger partial charge is 1.00 e. The summed E-state index contributed by atoms with van der Waals surface area (Å²) in [5.74, 6) is 0. The van der Waals surface area contributed by atoms with Crippen LogP contribution in [0.15, 0.2) is 72.8 Å². The first-order chi connectivity index (χ1) is 12.6. The summed E-state index contributed by atoms with van der Waals surface area (Å²) >= 11 is 0. The zero-order valence-electron chi connectivity index (χ0n) is 17.6. The van der Waals surface area contributed by atoms with Gasteiger partial charge in [-0.15, -0.1) is 0 Å². The third kappa shape index (κ3) is 4.60. The van der Waals surface area contributed by atoms with Gasteiger partial charge in [-0.05, 0) is 20.8 Å². The second-order valence-corrected chi connectivity index (χ2v) is 7.93. The smallest absolute Gasteiger partial charge is 0.200 e. The number of unbranched alkanes of at least 4 members (excludes halogenated alkanes) is 1. The molecule has 0 aliphatic rings. The van der Waals surface area contributed by atoms with Crippen LogP contribution in [0.25, 0.3) is 0 Å². The second kappa shape index (κ2) is 9.50. The molecule has 0 bridgehead atoms. The fourth-order valence-electron chi connectivity index (χ4n) is 4.52. The van der Waals surface area contributed by atoms with E-state index in [9.17, 15) is 0 Å². The van der Waals surface area contributed by atoms with Gasteiger partial charge in [-0.2, -0.15) is 22.7 Å². The van der Waals surface area contributed by atoms with E-state index in [4.69, 9.17) is 0 Å². The third-order valence-electron chi connectivity index (χ3n) is 5.82. The summed E-state index contributed by atoms with van der Waals surface area (Å²) in [6, 6.07) is 27.5. The van der Waals surface area contributed by atoms with Gasteiger partial charge in [0.2, 0.25) is 0 Å². The Morgan fingerprint density at radius 2 is 1.00 bits per heavy atom. The van der Waals surface area contributed by atoms with Crippen LogP contribution in [0.5, 0.6) is 0 Å². The van der Waals surface area contributed by atoms with Crippen LogP contribution in [-0.2, 0) is 0 Å².